The van der Waals surface area contributed by atoms with Crippen LogP contribution in [0.1, 0.15) is 26.3 Å². The molecule has 0 bridgehead atoms. The maximum atomic E-state index is 13.2. The van der Waals surface area contributed by atoms with Crippen LogP contribution in [0.5, 0.6) is 0 Å². The molecule has 1 N–H and O–H groups in total. The number of pyridine rings is 1. The molecule has 9 heteroatoms. The Morgan fingerprint density at radius 1 is 1.06 bits per heavy atom. The van der Waals surface area contributed by atoms with Gasteiger partial charge in [0.1, 0.15) is 5.60 Å². The number of hydrogen-bond acceptors (Lipinski definition) is 5. The van der Waals surface area contributed by atoms with Crippen molar-refractivity contribution < 1.29 is 17.9 Å². The van der Waals surface area contributed by atoms with Crippen LogP contribution in [0.2, 0.25) is 0 Å². The van der Waals surface area contributed by atoms with Crippen molar-refractivity contribution >= 4 is 55.4 Å². The first-order valence-electron chi connectivity index (χ1n) is 10.5. The SMILES string of the molecule is Cc1ccc(S(=O)(=O)n2cc(I)c3cc(-c4cccc(NC(=O)OC(C)(C)C)c4)cnc32)cc1. The van der Waals surface area contributed by atoms with E-state index in [9.17, 15) is 13.2 Å². The lowest BCUT2D eigenvalue weighted by Crippen LogP contribution is -2.27. The van der Waals surface area contributed by atoms with Gasteiger partial charge in [-0.15, -0.1) is 0 Å². The van der Waals surface area contributed by atoms with Crippen molar-refractivity contribution in [2.24, 2.45) is 0 Å². The Hall–Kier alpha value is -2.92. The van der Waals surface area contributed by atoms with Crippen molar-refractivity contribution in [1.82, 2.24) is 8.96 Å². The number of carbonyl (C=O) groups excluding carboxylic acids is 1. The molecule has 176 valence electrons. The summed E-state index contributed by atoms with van der Waals surface area (Å²) >= 11 is 2.12. The fraction of sp³-hybridized carbons (Fsp3) is 0.200. The molecule has 0 saturated heterocycles. The van der Waals surface area contributed by atoms with Gasteiger partial charge < -0.3 is 4.74 Å². The van der Waals surface area contributed by atoms with Gasteiger partial charge in [0.25, 0.3) is 10.0 Å². The Morgan fingerprint density at radius 2 is 1.76 bits per heavy atom. The second-order valence-electron chi connectivity index (χ2n) is 8.89. The molecule has 0 aliphatic rings. The van der Waals surface area contributed by atoms with E-state index < -0.39 is 21.7 Å². The number of halogens is 1. The molecule has 0 aliphatic carbocycles. The summed E-state index contributed by atoms with van der Waals surface area (Å²) in [7, 11) is -3.79. The lowest BCUT2D eigenvalue weighted by atomic mass is 10.1. The number of hydrogen-bond donors (Lipinski definition) is 1. The first-order valence-corrected chi connectivity index (χ1v) is 13.1. The molecule has 0 fully saturated rings. The Balaban J connectivity index is 1.69. The van der Waals surface area contributed by atoms with Crippen LogP contribution in [-0.2, 0) is 14.8 Å². The van der Waals surface area contributed by atoms with Crippen LogP contribution in [0.4, 0.5) is 10.5 Å². The van der Waals surface area contributed by atoms with Crippen molar-refractivity contribution in [3.63, 3.8) is 0 Å². The van der Waals surface area contributed by atoms with Crippen LogP contribution >= 0.6 is 22.6 Å². The average molecular weight is 589 g/mol. The van der Waals surface area contributed by atoms with Crippen LogP contribution in [0, 0.1) is 10.5 Å². The number of fused-ring (bicyclic) bond motifs is 1. The summed E-state index contributed by atoms with van der Waals surface area (Å²) in [5.41, 5.74) is 2.95. The van der Waals surface area contributed by atoms with Crippen molar-refractivity contribution in [2.45, 2.75) is 38.2 Å². The largest absolute Gasteiger partial charge is 0.444 e. The van der Waals surface area contributed by atoms with Crippen molar-refractivity contribution in [3.05, 3.63) is 76.1 Å². The lowest BCUT2D eigenvalue weighted by Gasteiger charge is -2.19. The maximum Gasteiger partial charge on any atom is 0.412 e. The summed E-state index contributed by atoms with van der Waals surface area (Å²) in [6, 6.07) is 16.0. The molecule has 0 aliphatic heterocycles. The van der Waals surface area contributed by atoms with Gasteiger partial charge in [0, 0.05) is 32.6 Å². The van der Waals surface area contributed by atoms with E-state index in [1.165, 1.54) is 3.97 Å². The molecule has 4 aromatic rings. The first-order chi connectivity index (χ1) is 15.9. The summed E-state index contributed by atoms with van der Waals surface area (Å²) < 4.78 is 33.8. The van der Waals surface area contributed by atoms with Crippen LogP contribution in [0.15, 0.2) is 71.9 Å². The van der Waals surface area contributed by atoms with Crippen LogP contribution in [0.25, 0.3) is 22.2 Å². The second kappa shape index (κ2) is 9.03. The topological polar surface area (TPSA) is 90.3 Å². The van der Waals surface area contributed by atoms with E-state index in [-0.39, 0.29) is 4.90 Å². The third-order valence-electron chi connectivity index (χ3n) is 4.98. The van der Waals surface area contributed by atoms with Crippen LogP contribution in [0.3, 0.4) is 0 Å². The van der Waals surface area contributed by atoms with E-state index in [4.69, 9.17) is 4.74 Å². The smallest absolute Gasteiger partial charge is 0.412 e. The number of anilines is 1. The van der Waals surface area contributed by atoms with Gasteiger partial charge in [0.05, 0.1) is 4.90 Å². The molecule has 2 heterocycles. The van der Waals surface area contributed by atoms with Crippen LogP contribution < -0.4 is 5.32 Å². The molecule has 0 saturated carbocycles. The number of aromatic nitrogens is 2. The predicted octanol–water partition coefficient (Wildman–Crippen LogP) is 6.20. The number of benzene rings is 2. The highest BCUT2D eigenvalue weighted by atomic mass is 127. The van der Waals surface area contributed by atoms with Gasteiger partial charge in [-0.25, -0.2) is 22.2 Å². The standard InChI is InChI=1S/C25H24IN3O4S/c1-16-8-10-20(11-9-16)34(31,32)29-15-22(26)21-13-18(14-27-23(21)29)17-6-5-7-19(12-17)28-24(30)33-25(2,3)4/h5-15H,1-4H3,(H,28,30). The zero-order valence-corrected chi connectivity index (χ0v) is 22.1. The minimum Gasteiger partial charge on any atom is -0.444 e. The quantitative estimate of drug-likeness (QED) is 0.287. The van der Waals surface area contributed by atoms with E-state index in [1.54, 1.807) is 63.5 Å². The molecule has 0 spiro atoms. The average Bonchev–Trinajstić information content (AvgIpc) is 3.09. The highest BCUT2D eigenvalue weighted by Crippen LogP contribution is 2.30. The van der Waals surface area contributed by atoms with E-state index >= 15 is 0 Å². The molecule has 4 rings (SSSR count). The number of aryl methyl sites for hydroxylation is 1. The van der Waals surface area contributed by atoms with Crippen LogP contribution in [-0.4, -0.2) is 29.1 Å². The van der Waals surface area contributed by atoms with E-state index in [2.05, 4.69) is 32.9 Å². The Bertz CT molecular complexity index is 1490. The normalized spacial score (nSPS) is 12.0. The molecule has 2 aromatic carbocycles. The molecule has 2 aromatic heterocycles. The fourth-order valence-corrected chi connectivity index (χ4v) is 5.59. The van der Waals surface area contributed by atoms with Gasteiger partial charge in [-0.05, 0) is 86.2 Å². The summed E-state index contributed by atoms with van der Waals surface area (Å²) in [5.74, 6) is 0. The van der Waals surface area contributed by atoms with Gasteiger partial charge in [0.15, 0.2) is 5.65 Å². The van der Waals surface area contributed by atoms with Gasteiger partial charge in [-0.1, -0.05) is 29.8 Å². The molecule has 1 amide bonds. The number of carbonyl (C=O) groups is 1. The molecule has 0 unspecified atom stereocenters. The maximum absolute atomic E-state index is 13.2. The van der Waals surface area contributed by atoms with Gasteiger partial charge >= 0.3 is 6.09 Å². The van der Waals surface area contributed by atoms with Crippen molar-refractivity contribution in [1.29, 1.82) is 0 Å². The van der Waals surface area contributed by atoms with Crippen molar-refractivity contribution in [2.75, 3.05) is 5.32 Å². The Labute approximate surface area is 212 Å². The number of rotatable bonds is 4. The summed E-state index contributed by atoms with van der Waals surface area (Å²) in [6.07, 6.45) is 2.68. The summed E-state index contributed by atoms with van der Waals surface area (Å²) in [4.78, 5) is 16.8. The lowest BCUT2D eigenvalue weighted by molar-refractivity contribution is 0.0636. The molecule has 7 nitrogen and oxygen atoms in total. The van der Waals surface area contributed by atoms with E-state index in [0.29, 0.717) is 11.3 Å². The molecule has 0 radical (unpaired) electrons. The summed E-state index contributed by atoms with van der Waals surface area (Å²) in [6.45, 7) is 7.32. The third-order valence-corrected chi connectivity index (χ3v) is 7.51. The third kappa shape index (κ3) is 5.10. The summed E-state index contributed by atoms with van der Waals surface area (Å²) in [5, 5.41) is 3.46. The zero-order valence-electron chi connectivity index (χ0n) is 19.2. The number of amides is 1. The van der Waals surface area contributed by atoms with E-state index in [0.717, 1.165) is 25.6 Å². The molecule has 0 atom stereocenters. The van der Waals surface area contributed by atoms with Crippen molar-refractivity contribution in [3.8, 4) is 11.1 Å². The number of nitrogens with one attached hydrogen (secondary N) is 1. The molecular formula is C25H24IN3O4S. The highest BCUT2D eigenvalue weighted by Gasteiger charge is 2.22. The Morgan fingerprint density at radius 3 is 2.44 bits per heavy atom. The first kappa shape index (κ1) is 24.2. The second-order valence-corrected chi connectivity index (χ2v) is 11.9. The highest BCUT2D eigenvalue weighted by molar-refractivity contribution is 14.1. The number of nitrogens with zero attached hydrogens (tertiary/aromatic N) is 2. The fourth-order valence-electron chi connectivity index (χ4n) is 3.41. The van der Waals surface area contributed by atoms with E-state index in [1.807, 2.05) is 31.2 Å². The zero-order chi connectivity index (χ0) is 24.7. The van der Waals surface area contributed by atoms with Gasteiger partial charge in [-0.3, -0.25) is 5.32 Å². The minimum absolute atomic E-state index is 0.207. The Kier molecular flexibility index (Phi) is 6.43. The molecular weight excluding hydrogens is 565 g/mol. The molecule has 34 heavy (non-hydrogen) atoms. The monoisotopic (exact) mass is 589 g/mol. The van der Waals surface area contributed by atoms with Gasteiger partial charge in [0.2, 0.25) is 0 Å². The minimum atomic E-state index is -3.79. The predicted molar refractivity (Wildman–Crippen MR) is 142 cm³/mol. The number of ether oxygens (including phenoxy) is 1. The van der Waals surface area contributed by atoms with Gasteiger partial charge in [-0.2, -0.15) is 0 Å².